The third-order valence-corrected chi connectivity index (χ3v) is 3.24. The lowest BCUT2D eigenvalue weighted by molar-refractivity contribution is 0.251. The fraction of sp³-hybridized carbons (Fsp3) is 0.235. The number of aryl methyl sites for hydroxylation is 1. The van der Waals surface area contributed by atoms with E-state index in [1.54, 1.807) is 0 Å². The number of hydrogen-bond acceptors (Lipinski definition) is 2. The Morgan fingerprint density at radius 1 is 1.19 bits per heavy atom. The quantitative estimate of drug-likeness (QED) is 0.805. The lowest BCUT2D eigenvalue weighted by atomic mass is 10.1. The molecular formula is C17H21N3O. The summed E-state index contributed by atoms with van der Waals surface area (Å²) in [5.41, 5.74) is 9.84. The molecule has 21 heavy (non-hydrogen) atoms. The molecule has 0 saturated carbocycles. The first-order valence-electron chi connectivity index (χ1n) is 7.00. The lowest BCUT2D eigenvalue weighted by Crippen LogP contribution is -2.28. The van der Waals surface area contributed by atoms with E-state index in [-0.39, 0.29) is 12.1 Å². The van der Waals surface area contributed by atoms with Crippen LogP contribution in [-0.2, 0) is 6.54 Å². The number of urea groups is 1. The van der Waals surface area contributed by atoms with Gasteiger partial charge in [-0.05, 0) is 37.1 Å². The molecule has 1 unspecified atom stereocenters. The highest BCUT2D eigenvalue weighted by molar-refractivity contribution is 5.89. The van der Waals surface area contributed by atoms with Crippen molar-refractivity contribution in [1.82, 2.24) is 5.32 Å². The molecule has 0 heterocycles. The van der Waals surface area contributed by atoms with Crippen molar-refractivity contribution in [2.45, 2.75) is 26.4 Å². The Bertz CT molecular complexity index is 606. The van der Waals surface area contributed by atoms with Crippen LogP contribution in [0.4, 0.5) is 10.5 Å². The van der Waals surface area contributed by atoms with Gasteiger partial charge >= 0.3 is 6.03 Å². The number of carbonyl (C=O) groups is 1. The minimum Gasteiger partial charge on any atom is -0.334 e. The molecular weight excluding hydrogens is 262 g/mol. The first-order chi connectivity index (χ1) is 10.0. The number of nitrogens with two attached hydrogens (primary N) is 1. The molecule has 2 aromatic carbocycles. The van der Waals surface area contributed by atoms with E-state index in [0.717, 1.165) is 16.8 Å². The summed E-state index contributed by atoms with van der Waals surface area (Å²) in [4.78, 5) is 11.9. The summed E-state index contributed by atoms with van der Waals surface area (Å²) >= 11 is 0. The van der Waals surface area contributed by atoms with Crippen molar-refractivity contribution in [3.05, 3.63) is 65.2 Å². The van der Waals surface area contributed by atoms with Crippen molar-refractivity contribution in [3.63, 3.8) is 0 Å². The second-order valence-electron chi connectivity index (χ2n) is 5.21. The number of anilines is 1. The zero-order valence-electron chi connectivity index (χ0n) is 12.4. The van der Waals surface area contributed by atoms with Crippen LogP contribution in [0.15, 0.2) is 48.5 Å². The van der Waals surface area contributed by atoms with Gasteiger partial charge in [0, 0.05) is 18.3 Å². The summed E-state index contributed by atoms with van der Waals surface area (Å²) in [5, 5.41) is 5.65. The van der Waals surface area contributed by atoms with Crippen LogP contribution in [0.25, 0.3) is 0 Å². The Morgan fingerprint density at radius 3 is 2.57 bits per heavy atom. The molecule has 0 bridgehead atoms. The van der Waals surface area contributed by atoms with Gasteiger partial charge in [0.2, 0.25) is 0 Å². The topological polar surface area (TPSA) is 67.2 Å². The van der Waals surface area contributed by atoms with Crippen molar-refractivity contribution in [1.29, 1.82) is 0 Å². The number of benzene rings is 2. The lowest BCUT2D eigenvalue weighted by Gasteiger charge is -2.10. The molecule has 2 amide bonds. The molecule has 4 N–H and O–H groups in total. The minimum absolute atomic E-state index is 0.0534. The summed E-state index contributed by atoms with van der Waals surface area (Å²) in [6.45, 7) is 4.45. The molecule has 1 atom stereocenters. The standard InChI is InChI=1S/C17H21N3O/c1-12-6-8-14(9-7-12)11-19-17(21)20-16-5-3-4-15(10-16)13(2)18/h3-10,13H,11,18H2,1-2H3,(H2,19,20,21). The minimum atomic E-state index is -0.225. The zero-order valence-corrected chi connectivity index (χ0v) is 12.4. The molecule has 2 aromatic rings. The molecule has 0 aliphatic heterocycles. The first kappa shape index (κ1) is 15.1. The number of amides is 2. The van der Waals surface area contributed by atoms with Crippen molar-refractivity contribution < 1.29 is 4.79 Å². The Kier molecular flexibility index (Phi) is 4.95. The molecule has 2 rings (SSSR count). The van der Waals surface area contributed by atoms with Gasteiger partial charge in [-0.25, -0.2) is 4.79 Å². The van der Waals surface area contributed by atoms with Gasteiger partial charge < -0.3 is 16.4 Å². The van der Waals surface area contributed by atoms with Crippen LogP contribution in [0.3, 0.4) is 0 Å². The monoisotopic (exact) mass is 283 g/mol. The molecule has 0 spiro atoms. The van der Waals surface area contributed by atoms with E-state index in [9.17, 15) is 4.79 Å². The van der Waals surface area contributed by atoms with Crippen molar-refractivity contribution in [2.75, 3.05) is 5.32 Å². The van der Waals surface area contributed by atoms with E-state index in [4.69, 9.17) is 5.73 Å². The fourth-order valence-electron chi connectivity index (χ4n) is 1.96. The van der Waals surface area contributed by atoms with Crippen LogP contribution >= 0.6 is 0 Å². The van der Waals surface area contributed by atoms with Gasteiger partial charge in [-0.1, -0.05) is 42.0 Å². The molecule has 0 radical (unpaired) electrons. The highest BCUT2D eigenvalue weighted by Crippen LogP contribution is 2.15. The van der Waals surface area contributed by atoms with Crippen molar-refractivity contribution >= 4 is 11.7 Å². The molecule has 0 aromatic heterocycles. The van der Waals surface area contributed by atoms with Gasteiger partial charge in [-0.3, -0.25) is 0 Å². The number of nitrogens with one attached hydrogen (secondary N) is 2. The van der Waals surface area contributed by atoms with E-state index < -0.39 is 0 Å². The smallest absolute Gasteiger partial charge is 0.319 e. The van der Waals surface area contributed by atoms with Gasteiger partial charge in [0.1, 0.15) is 0 Å². The van der Waals surface area contributed by atoms with Gasteiger partial charge in [0.25, 0.3) is 0 Å². The van der Waals surface area contributed by atoms with Crippen molar-refractivity contribution in [3.8, 4) is 0 Å². The van der Waals surface area contributed by atoms with E-state index in [2.05, 4.69) is 10.6 Å². The Morgan fingerprint density at radius 2 is 1.90 bits per heavy atom. The number of hydrogen-bond donors (Lipinski definition) is 3. The van der Waals surface area contributed by atoms with Gasteiger partial charge in [0.05, 0.1) is 0 Å². The maximum Gasteiger partial charge on any atom is 0.319 e. The van der Waals surface area contributed by atoms with Crippen LogP contribution in [0.5, 0.6) is 0 Å². The van der Waals surface area contributed by atoms with Gasteiger partial charge in [-0.15, -0.1) is 0 Å². The van der Waals surface area contributed by atoms with Crippen molar-refractivity contribution in [2.24, 2.45) is 5.73 Å². The molecule has 0 aliphatic rings. The first-order valence-corrected chi connectivity index (χ1v) is 7.00. The summed E-state index contributed by atoms with van der Waals surface area (Å²) in [6.07, 6.45) is 0. The molecule has 4 heteroatoms. The number of rotatable bonds is 4. The van der Waals surface area contributed by atoms with Crippen LogP contribution in [0.1, 0.15) is 29.7 Å². The maximum absolute atomic E-state index is 11.9. The molecule has 4 nitrogen and oxygen atoms in total. The normalized spacial score (nSPS) is 11.8. The Balaban J connectivity index is 1.89. The van der Waals surface area contributed by atoms with Crippen LogP contribution < -0.4 is 16.4 Å². The zero-order chi connectivity index (χ0) is 15.2. The SMILES string of the molecule is Cc1ccc(CNC(=O)Nc2cccc(C(C)N)c2)cc1. The molecule has 0 saturated heterocycles. The largest absolute Gasteiger partial charge is 0.334 e. The maximum atomic E-state index is 11.9. The summed E-state index contributed by atoms with van der Waals surface area (Å²) in [7, 11) is 0. The fourth-order valence-corrected chi connectivity index (χ4v) is 1.96. The van der Waals surface area contributed by atoms with Crippen LogP contribution in [0.2, 0.25) is 0 Å². The average Bonchev–Trinajstić information content (AvgIpc) is 2.47. The van der Waals surface area contributed by atoms with E-state index in [0.29, 0.717) is 6.54 Å². The highest BCUT2D eigenvalue weighted by Gasteiger charge is 2.04. The van der Waals surface area contributed by atoms with Gasteiger partial charge in [0.15, 0.2) is 0 Å². The molecule has 0 aliphatic carbocycles. The summed E-state index contributed by atoms with van der Waals surface area (Å²) < 4.78 is 0. The predicted molar refractivity (Wildman–Crippen MR) is 86.1 cm³/mol. The van der Waals surface area contributed by atoms with Crippen LogP contribution in [0, 0.1) is 6.92 Å². The third-order valence-electron chi connectivity index (χ3n) is 3.24. The van der Waals surface area contributed by atoms with Gasteiger partial charge in [-0.2, -0.15) is 0 Å². The Hall–Kier alpha value is -2.33. The van der Waals surface area contributed by atoms with E-state index in [1.807, 2.05) is 62.4 Å². The predicted octanol–water partition coefficient (Wildman–Crippen LogP) is 3.34. The highest BCUT2D eigenvalue weighted by atomic mass is 16.2. The second-order valence-corrected chi connectivity index (χ2v) is 5.21. The molecule has 0 fully saturated rings. The van der Waals surface area contributed by atoms with Crippen LogP contribution in [-0.4, -0.2) is 6.03 Å². The molecule has 110 valence electrons. The number of carbonyl (C=O) groups excluding carboxylic acids is 1. The Labute approximate surface area is 125 Å². The third kappa shape index (κ3) is 4.61. The summed E-state index contributed by atoms with van der Waals surface area (Å²) in [5.74, 6) is 0. The van der Waals surface area contributed by atoms with E-state index in [1.165, 1.54) is 5.56 Å². The second kappa shape index (κ2) is 6.90. The van der Waals surface area contributed by atoms with E-state index >= 15 is 0 Å². The average molecular weight is 283 g/mol. The summed E-state index contributed by atoms with van der Waals surface area (Å²) in [6, 6.07) is 15.3.